The maximum absolute atomic E-state index is 13.3. The number of hydrogen-bond donors (Lipinski definition) is 2. The summed E-state index contributed by atoms with van der Waals surface area (Å²) in [5, 5.41) is 3.53. The van der Waals surface area contributed by atoms with Crippen LogP contribution in [0.5, 0.6) is 0 Å². The number of amides is 1. The lowest BCUT2D eigenvalue weighted by molar-refractivity contribution is -0.113. The van der Waals surface area contributed by atoms with E-state index in [-0.39, 0.29) is 28.8 Å². The van der Waals surface area contributed by atoms with Gasteiger partial charge in [-0.1, -0.05) is 36.0 Å². The number of hydrogen-bond acceptors (Lipinski definition) is 6. The number of benzene rings is 2. The Morgan fingerprint density at radius 1 is 1.19 bits per heavy atom. The van der Waals surface area contributed by atoms with Gasteiger partial charge < -0.3 is 10.3 Å². The van der Waals surface area contributed by atoms with Gasteiger partial charge >= 0.3 is 0 Å². The smallest absolute Gasteiger partial charge is 0.260 e. The Kier molecular flexibility index (Phi) is 6.20. The van der Waals surface area contributed by atoms with Crippen LogP contribution in [0.2, 0.25) is 0 Å². The number of thioether (sulfide) groups is 1. The molecule has 0 unspecified atom stereocenters. The Labute approximate surface area is 190 Å². The Balaban J connectivity index is 1.53. The third-order valence-electron chi connectivity index (χ3n) is 4.74. The molecule has 0 atom stereocenters. The number of rotatable bonds is 6. The number of fused-ring (bicyclic) bond motifs is 1. The number of aromatic amines is 1. The van der Waals surface area contributed by atoms with E-state index in [0.717, 1.165) is 27.8 Å². The molecule has 162 valence electrons. The van der Waals surface area contributed by atoms with Crippen molar-refractivity contribution in [3.8, 4) is 11.1 Å². The molecule has 4 rings (SSSR count). The van der Waals surface area contributed by atoms with Crippen molar-refractivity contribution in [1.82, 2.24) is 9.97 Å². The Morgan fingerprint density at radius 2 is 1.94 bits per heavy atom. The van der Waals surface area contributed by atoms with Crippen LogP contribution in [0.4, 0.5) is 10.1 Å². The van der Waals surface area contributed by atoms with Crippen LogP contribution < -0.4 is 10.9 Å². The maximum Gasteiger partial charge on any atom is 0.260 e. The zero-order valence-electron chi connectivity index (χ0n) is 17.2. The highest BCUT2D eigenvalue weighted by Crippen LogP contribution is 2.36. The number of halogens is 1. The highest BCUT2D eigenvalue weighted by Gasteiger charge is 2.17. The molecule has 0 saturated carbocycles. The Hall–Kier alpha value is -3.30. The molecule has 0 spiro atoms. The second-order valence-corrected chi connectivity index (χ2v) is 9.23. The van der Waals surface area contributed by atoms with Crippen LogP contribution in [-0.4, -0.2) is 27.4 Å². The van der Waals surface area contributed by atoms with Crippen LogP contribution in [0.3, 0.4) is 0 Å². The molecule has 32 heavy (non-hydrogen) atoms. The highest BCUT2D eigenvalue weighted by molar-refractivity contribution is 7.99. The number of nitrogens with zero attached hydrogens (tertiary/aromatic N) is 1. The van der Waals surface area contributed by atoms with E-state index in [4.69, 9.17) is 0 Å². The molecule has 6 nitrogen and oxygen atoms in total. The van der Waals surface area contributed by atoms with E-state index < -0.39 is 0 Å². The van der Waals surface area contributed by atoms with E-state index in [1.165, 1.54) is 30.4 Å². The number of aromatic nitrogens is 2. The molecule has 2 heterocycles. The fourth-order valence-corrected chi connectivity index (χ4v) is 5.04. The van der Waals surface area contributed by atoms with Crippen molar-refractivity contribution in [3.05, 3.63) is 75.1 Å². The number of carbonyl (C=O) groups excluding carboxylic acids is 2. The molecule has 2 N–H and O–H groups in total. The first-order valence-electron chi connectivity index (χ1n) is 9.65. The first-order valence-corrected chi connectivity index (χ1v) is 11.4. The average Bonchev–Trinajstić information content (AvgIpc) is 3.09. The lowest BCUT2D eigenvalue weighted by Crippen LogP contribution is -2.15. The zero-order chi connectivity index (χ0) is 22.8. The molecular formula is C23H18FN3O3S2. The van der Waals surface area contributed by atoms with Crippen molar-refractivity contribution >= 4 is 50.7 Å². The molecule has 0 radical (unpaired) electrons. The van der Waals surface area contributed by atoms with Gasteiger partial charge in [-0.15, -0.1) is 11.3 Å². The zero-order valence-corrected chi connectivity index (χ0v) is 18.8. The fraction of sp³-hybridized carbons (Fsp3) is 0.130. The number of carbonyl (C=O) groups is 2. The van der Waals surface area contributed by atoms with E-state index in [2.05, 4.69) is 15.3 Å². The number of nitrogens with one attached hydrogen (secondary N) is 2. The number of Topliss-reactive ketones (excluding diaryl/α,β-unsaturated/α-hetero) is 1. The summed E-state index contributed by atoms with van der Waals surface area (Å²) in [7, 11) is 0. The molecule has 1 amide bonds. The fourth-order valence-electron chi connectivity index (χ4n) is 3.28. The molecule has 2 aromatic heterocycles. The van der Waals surface area contributed by atoms with Crippen LogP contribution in [0.1, 0.15) is 22.2 Å². The molecule has 0 aliphatic carbocycles. The van der Waals surface area contributed by atoms with E-state index in [9.17, 15) is 18.8 Å². The summed E-state index contributed by atoms with van der Waals surface area (Å²) in [5.74, 6) is -0.680. The summed E-state index contributed by atoms with van der Waals surface area (Å²) in [5.41, 5.74) is 2.21. The SMILES string of the molecule is CC(=O)c1cccc(NC(=O)CSc2nc3sc(C)c(-c4ccc(F)cc4)c3c(=O)[nH]2)c1. The molecule has 0 bridgehead atoms. The number of aryl methyl sites for hydroxylation is 1. The summed E-state index contributed by atoms with van der Waals surface area (Å²) >= 11 is 2.49. The second kappa shape index (κ2) is 9.05. The van der Waals surface area contributed by atoms with Crippen molar-refractivity contribution in [1.29, 1.82) is 0 Å². The van der Waals surface area contributed by atoms with E-state index in [1.807, 2.05) is 6.92 Å². The third kappa shape index (κ3) is 4.63. The van der Waals surface area contributed by atoms with Gasteiger partial charge in [0.05, 0.1) is 11.1 Å². The first kappa shape index (κ1) is 21.9. The van der Waals surface area contributed by atoms with Gasteiger partial charge in [-0.2, -0.15) is 0 Å². The minimum Gasteiger partial charge on any atom is -0.325 e. The molecule has 0 aliphatic rings. The van der Waals surface area contributed by atoms with Crippen molar-refractivity contribution in [2.24, 2.45) is 0 Å². The van der Waals surface area contributed by atoms with Gasteiger partial charge in [0.25, 0.3) is 5.56 Å². The lowest BCUT2D eigenvalue weighted by Gasteiger charge is -2.06. The molecular weight excluding hydrogens is 449 g/mol. The van der Waals surface area contributed by atoms with Crippen LogP contribution in [0, 0.1) is 12.7 Å². The van der Waals surface area contributed by atoms with Gasteiger partial charge in [-0.25, -0.2) is 9.37 Å². The molecule has 2 aromatic carbocycles. The van der Waals surface area contributed by atoms with Crippen molar-refractivity contribution in [3.63, 3.8) is 0 Å². The van der Waals surface area contributed by atoms with E-state index in [1.54, 1.807) is 36.4 Å². The number of thiophene rings is 1. The van der Waals surface area contributed by atoms with Gasteiger partial charge in [0.15, 0.2) is 10.9 Å². The second-order valence-electron chi connectivity index (χ2n) is 7.07. The molecule has 4 aromatic rings. The standard InChI is InChI=1S/C23H18FN3O3S2/c1-12(28)15-4-3-5-17(10-15)25-18(29)11-31-23-26-21(30)20-19(13(2)32-22(20)27-23)14-6-8-16(24)9-7-14/h3-10H,11H2,1-2H3,(H,25,29)(H,26,27,30). The van der Waals surface area contributed by atoms with Gasteiger partial charge in [-0.05, 0) is 43.7 Å². The minimum absolute atomic E-state index is 0.0356. The summed E-state index contributed by atoms with van der Waals surface area (Å²) < 4.78 is 13.3. The quantitative estimate of drug-likeness (QED) is 0.236. The van der Waals surface area contributed by atoms with Crippen LogP contribution in [0.15, 0.2) is 58.5 Å². The van der Waals surface area contributed by atoms with E-state index >= 15 is 0 Å². The topological polar surface area (TPSA) is 91.9 Å². The van der Waals surface area contributed by atoms with Gasteiger partial charge in [-0.3, -0.25) is 14.4 Å². The largest absolute Gasteiger partial charge is 0.325 e. The first-order chi connectivity index (χ1) is 15.3. The lowest BCUT2D eigenvalue weighted by atomic mass is 10.0. The summed E-state index contributed by atoms with van der Waals surface area (Å²) in [6, 6.07) is 12.7. The van der Waals surface area contributed by atoms with Crippen molar-refractivity contribution < 1.29 is 14.0 Å². The predicted octanol–water partition coefficient (Wildman–Crippen LogP) is 5.03. The normalized spacial score (nSPS) is 11.0. The monoisotopic (exact) mass is 467 g/mol. The molecule has 0 saturated heterocycles. The number of ketones is 1. The van der Waals surface area contributed by atoms with Crippen LogP contribution in [-0.2, 0) is 4.79 Å². The Morgan fingerprint density at radius 3 is 2.66 bits per heavy atom. The summed E-state index contributed by atoms with van der Waals surface area (Å²) in [6.07, 6.45) is 0. The third-order valence-corrected chi connectivity index (χ3v) is 6.61. The minimum atomic E-state index is -0.344. The predicted molar refractivity (Wildman–Crippen MR) is 126 cm³/mol. The van der Waals surface area contributed by atoms with Gasteiger partial charge in [0, 0.05) is 21.7 Å². The summed E-state index contributed by atoms with van der Waals surface area (Å²) in [4.78, 5) is 45.3. The van der Waals surface area contributed by atoms with E-state index in [0.29, 0.717) is 26.6 Å². The van der Waals surface area contributed by atoms with Gasteiger partial charge in [0.1, 0.15) is 10.6 Å². The molecule has 0 fully saturated rings. The average molecular weight is 468 g/mol. The molecule has 9 heteroatoms. The van der Waals surface area contributed by atoms with Crippen LogP contribution in [0.25, 0.3) is 21.3 Å². The summed E-state index contributed by atoms with van der Waals surface area (Å²) in [6.45, 7) is 3.35. The van der Waals surface area contributed by atoms with Crippen molar-refractivity contribution in [2.45, 2.75) is 19.0 Å². The maximum atomic E-state index is 13.3. The van der Waals surface area contributed by atoms with Gasteiger partial charge in [0.2, 0.25) is 5.91 Å². The highest BCUT2D eigenvalue weighted by atomic mass is 32.2. The molecule has 0 aliphatic heterocycles. The van der Waals surface area contributed by atoms with Crippen LogP contribution >= 0.6 is 23.1 Å². The Bertz CT molecular complexity index is 1390. The number of anilines is 1. The number of H-pyrrole nitrogens is 1. The van der Waals surface area contributed by atoms with Crippen molar-refractivity contribution in [2.75, 3.05) is 11.1 Å².